The van der Waals surface area contributed by atoms with E-state index >= 15 is 0 Å². The molecule has 2 aliphatic rings. The predicted molar refractivity (Wildman–Crippen MR) is 89.5 cm³/mol. The highest BCUT2D eigenvalue weighted by Crippen LogP contribution is 2.26. The first kappa shape index (κ1) is 16.2. The summed E-state index contributed by atoms with van der Waals surface area (Å²) in [4.78, 5) is 14.9. The van der Waals surface area contributed by atoms with Crippen LogP contribution in [0.5, 0.6) is 0 Å². The molecule has 1 aromatic carbocycles. The number of benzene rings is 1. The number of rotatable bonds is 3. The fraction of sp³-hybridized carbons (Fsp3) is 0.588. The van der Waals surface area contributed by atoms with Crippen LogP contribution in [0.25, 0.3) is 0 Å². The Hall–Kier alpha value is -1.22. The Labute approximate surface area is 133 Å². The molecule has 1 aromatic rings. The molecule has 3 nitrogen and oxygen atoms in total. The van der Waals surface area contributed by atoms with Gasteiger partial charge in [-0.3, -0.25) is 4.79 Å². The average molecular weight is 309 g/mol. The van der Waals surface area contributed by atoms with E-state index in [1.54, 1.807) is 0 Å². The number of carbonyl (C=O) groups excluding carboxylic acids is 1. The van der Waals surface area contributed by atoms with Gasteiger partial charge in [0.1, 0.15) is 0 Å². The molecule has 0 aromatic heterocycles. The molecule has 0 bridgehead atoms. The Morgan fingerprint density at radius 1 is 1.29 bits per heavy atom. The zero-order chi connectivity index (χ0) is 13.9. The third-order valence-electron chi connectivity index (χ3n) is 4.68. The number of nitrogens with one attached hydrogen (secondary N) is 1. The van der Waals surface area contributed by atoms with E-state index in [4.69, 9.17) is 0 Å². The maximum absolute atomic E-state index is 12.8. The van der Waals surface area contributed by atoms with Crippen LogP contribution in [0.4, 0.5) is 5.69 Å². The molecule has 1 saturated carbocycles. The Morgan fingerprint density at radius 3 is 2.76 bits per heavy atom. The molecule has 0 spiro atoms. The zero-order valence-electron chi connectivity index (χ0n) is 12.7. The van der Waals surface area contributed by atoms with Crippen molar-refractivity contribution in [3.05, 3.63) is 29.3 Å². The van der Waals surface area contributed by atoms with E-state index in [-0.39, 0.29) is 18.3 Å². The number of hydrogen-bond acceptors (Lipinski definition) is 2. The van der Waals surface area contributed by atoms with Crippen molar-refractivity contribution in [3.63, 3.8) is 0 Å². The van der Waals surface area contributed by atoms with Crippen LogP contribution in [-0.2, 0) is 6.42 Å². The van der Waals surface area contributed by atoms with Crippen molar-refractivity contribution in [2.24, 2.45) is 0 Å². The predicted octanol–water partition coefficient (Wildman–Crippen LogP) is 3.87. The van der Waals surface area contributed by atoms with Crippen molar-refractivity contribution in [1.29, 1.82) is 0 Å². The van der Waals surface area contributed by atoms with E-state index in [0.717, 1.165) is 25.1 Å². The van der Waals surface area contributed by atoms with Crippen LogP contribution in [0.3, 0.4) is 0 Å². The summed E-state index contributed by atoms with van der Waals surface area (Å²) in [5, 5.41) is 3.35. The second-order valence-corrected chi connectivity index (χ2v) is 5.93. The van der Waals surface area contributed by atoms with Crippen molar-refractivity contribution in [2.45, 2.75) is 51.5 Å². The molecule has 1 heterocycles. The zero-order valence-corrected chi connectivity index (χ0v) is 13.5. The minimum atomic E-state index is 0. The summed E-state index contributed by atoms with van der Waals surface area (Å²) in [6.45, 7) is 3.91. The normalized spacial score (nSPS) is 17.6. The van der Waals surface area contributed by atoms with Crippen molar-refractivity contribution in [1.82, 2.24) is 4.90 Å². The van der Waals surface area contributed by atoms with E-state index < -0.39 is 0 Å². The first-order valence-electron chi connectivity index (χ1n) is 7.97. The van der Waals surface area contributed by atoms with Gasteiger partial charge in [0, 0.05) is 30.4 Å². The highest BCUT2D eigenvalue weighted by atomic mass is 35.5. The lowest BCUT2D eigenvalue weighted by Crippen LogP contribution is -2.41. The summed E-state index contributed by atoms with van der Waals surface area (Å²) in [5.74, 6) is 0.217. The second kappa shape index (κ2) is 7.17. The smallest absolute Gasteiger partial charge is 0.254 e. The third kappa shape index (κ3) is 3.34. The van der Waals surface area contributed by atoms with Crippen LogP contribution in [-0.4, -0.2) is 29.9 Å². The van der Waals surface area contributed by atoms with Crippen molar-refractivity contribution < 1.29 is 4.79 Å². The molecule has 1 aliphatic carbocycles. The number of carbonyl (C=O) groups is 1. The molecule has 1 N–H and O–H groups in total. The molecule has 0 radical (unpaired) electrons. The molecule has 21 heavy (non-hydrogen) atoms. The van der Waals surface area contributed by atoms with Gasteiger partial charge >= 0.3 is 0 Å². The van der Waals surface area contributed by atoms with Crippen molar-refractivity contribution in [2.75, 3.05) is 18.4 Å². The van der Waals surface area contributed by atoms with Crippen molar-refractivity contribution >= 4 is 24.0 Å². The fourth-order valence-electron chi connectivity index (χ4n) is 3.56. The summed E-state index contributed by atoms with van der Waals surface area (Å²) in [6, 6.07) is 6.57. The van der Waals surface area contributed by atoms with E-state index in [9.17, 15) is 4.79 Å². The molecule has 0 atom stereocenters. The molecule has 116 valence electrons. The summed E-state index contributed by atoms with van der Waals surface area (Å²) in [5.41, 5.74) is 3.35. The number of amides is 1. The molecular formula is C17H25ClN2O. The number of hydrogen-bond donors (Lipinski definition) is 1. The highest BCUT2D eigenvalue weighted by molar-refractivity contribution is 5.95. The molecule has 0 saturated heterocycles. The first-order chi connectivity index (χ1) is 9.79. The highest BCUT2D eigenvalue weighted by Gasteiger charge is 2.25. The Balaban J connectivity index is 0.00000161. The Bertz CT molecular complexity index is 498. The van der Waals surface area contributed by atoms with Gasteiger partial charge in [-0.15, -0.1) is 12.4 Å². The SMILES string of the molecule is CCN(C(=O)c1ccc2c(c1)CCN2)C1CCCCC1.Cl. The quantitative estimate of drug-likeness (QED) is 0.919. The molecular weight excluding hydrogens is 284 g/mol. The van der Waals surface area contributed by atoms with Crippen LogP contribution < -0.4 is 5.32 Å². The van der Waals surface area contributed by atoms with Crippen LogP contribution in [0.1, 0.15) is 54.9 Å². The molecule has 0 unspecified atom stereocenters. The minimum absolute atomic E-state index is 0. The van der Waals surface area contributed by atoms with Gasteiger partial charge < -0.3 is 10.2 Å². The fourth-order valence-corrected chi connectivity index (χ4v) is 3.56. The summed E-state index contributed by atoms with van der Waals surface area (Å²) < 4.78 is 0. The Morgan fingerprint density at radius 2 is 2.05 bits per heavy atom. The maximum atomic E-state index is 12.8. The largest absolute Gasteiger partial charge is 0.384 e. The summed E-state index contributed by atoms with van der Waals surface area (Å²) >= 11 is 0. The van der Waals surface area contributed by atoms with Gasteiger partial charge in [0.05, 0.1) is 0 Å². The van der Waals surface area contributed by atoms with E-state index in [1.807, 2.05) is 6.07 Å². The van der Waals surface area contributed by atoms with Gasteiger partial charge in [0.15, 0.2) is 0 Å². The molecule has 3 rings (SSSR count). The lowest BCUT2D eigenvalue weighted by atomic mass is 9.93. The average Bonchev–Trinajstić information content (AvgIpc) is 2.96. The molecule has 1 aliphatic heterocycles. The molecule has 4 heteroatoms. The van der Waals surface area contributed by atoms with Crippen LogP contribution >= 0.6 is 12.4 Å². The number of nitrogens with zero attached hydrogens (tertiary/aromatic N) is 1. The number of anilines is 1. The van der Waals surface area contributed by atoms with Crippen LogP contribution in [0, 0.1) is 0 Å². The topological polar surface area (TPSA) is 32.3 Å². The van der Waals surface area contributed by atoms with Gasteiger partial charge in [0.2, 0.25) is 0 Å². The maximum Gasteiger partial charge on any atom is 0.254 e. The van der Waals surface area contributed by atoms with Gasteiger partial charge in [-0.25, -0.2) is 0 Å². The minimum Gasteiger partial charge on any atom is -0.384 e. The van der Waals surface area contributed by atoms with Gasteiger partial charge in [-0.05, 0) is 49.9 Å². The monoisotopic (exact) mass is 308 g/mol. The van der Waals surface area contributed by atoms with Gasteiger partial charge in [0.25, 0.3) is 5.91 Å². The molecule has 1 fully saturated rings. The number of halogens is 1. The van der Waals surface area contributed by atoms with E-state index in [1.165, 1.54) is 43.4 Å². The van der Waals surface area contributed by atoms with Crippen LogP contribution in [0.15, 0.2) is 18.2 Å². The summed E-state index contributed by atoms with van der Waals surface area (Å²) in [6.07, 6.45) is 7.24. The van der Waals surface area contributed by atoms with Gasteiger partial charge in [-0.1, -0.05) is 19.3 Å². The number of fused-ring (bicyclic) bond motifs is 1. The third-order valence-corrected chi connectivity index (χ3v) is 4.68. The second-order valence-electron chi connectivity index (χ2n) is 5.93. The van der Waals surface area contributed by atoms with Gasteiger partial charge in [-0.2, -0.15) is 0 Å². The lowest BCUT2D eigenvalue weighted by Gasteiger charge is -2.33. The lowest BCUT2D eigenvalue weighted by molar-refractivity contribution is 0.0648. The molecule has 1 amide bonds. The van der Waals surface area contributed by atoms with Crippen molar-refractivity contribution in [3.8, 4) is 0 Å². The summed E-state index contributed by atoms with van der Waals surface area (Å²) in [7, 11) is 0. The van der Waals surface area contributed by atoms with E-state index in [2.05, 4.69) is 29.3 Å². The van der Waals surface area contributed by atoms with Crippen LogP contribution in [0.2, 0.25) is 0 Å². The standard InChI is InChI=1S/C17H24N2O.ClH/c1-2-19(15-6-4-3-5-7-15)17(20)14-8-9-16-13(12-14)10-11-18-16;/h8-9,12,15,18H,2-7,10-11H2,1H3;1H. The first-order valence-corrected chi connectivity index (χ1v) is 7.97. The Kier molecular flexibility index (Phi) is 5.51. The van der Waals surface area contributed by atoms with E-state index in [0.29, 0.717) is 6.04 Å².